The quantitative estimate of drug-likeness (QED) is 0.0280. The summed E-state index contributed by atoms with van der Waals surface area (Å²) >= 11 is 0. The van der Waals surface area contributed by atoms with Crippen molar-refractivity contribution in [1.29, 1.82) is 0 Å². The highest BCUT2D eigenvalue weighted by Crippen LogP contribution is 2.43. The van der Waals surface area contributed by atoms with E-state index in [4.69, 9.17) is 18.5 Å². The van der Waals surface area contributed by atoms with Gasteiger partial charge in [-0.15, -0.1) is 0 Å². The molecule has 0 aromatic rings. The van der Waals surface area contributed by atoms with E-state index < -0.39 is 26.5 Å². The molecule has 2 atom stereocenters. The molecule has 0 amide bonds. The van der Waals surface area contributed by atoms with Crippen LogP contribution in [0.3, 0.4) is 0 Å². The molecule has 0 rings (SSSR count). The Bertz CT molecular complexity index is 1080. The smallest absolute Gasteiger partial charge is 0.462 e. The summed E-state index contributed by atoms with van der Waals surface area (Å²) in [6, 6.07) is 0. The van der Waals surface area contributed by atoms with E-state index in [0.717, 1.165) is 70.6 Å². The van der Waals surface area contributed by atoms with Gasteiger partial charge in [0.1, 0.15) is 6.61 Å². The molecule has 338 valence electrons. The number of carbonyl (C=O) groups excluding carboxylic acids is 2. The minimum atomic E-state index is -4.29. The molecule has 0 spiro atoms. The number of esters is 2. The maximum absolute atomic E-state index is 12.6. The molecule has 0 bridgehead atoms. The van der Waals surface area contributed by atoms with Crippen LogP contribution in [-0.2, 0) is 32.7 Å². The number of carbonyl (C=O) groups is 2. The first-order valence-electron chi connectivity index (χ1n) is 23.9. The van der Waals surface area contributed by atoms with Crippen LogP contribution >= 0.6 is 7.82 Å². The van der Waals surface area contributed by atoms with E-state index in [9.17, 15) is 19.0 Å². The fraction of sp³-hybridized carbons (Fsp3) is 0.796. The van der Waals surface area contributed by atoms with Crippen LogP contribution in [0.15, 0.2) is 48.6 Å². The highest BCUT2D eigenvalue weighted by Gasteiger charge is 2.25. The van der Waals surface area contributed by atoms with Gasteiger partial charge in [0.15, 0.2) is 6.10 Å². The zero-order valence-electron chi connectivity index (χ0n) is 37.7. The molecule has 0 saturated carbocycles. The highest BCUT2D eigenvalue weighted by atomic mass is 31.2. The number of allylic oxidation sites excluding steroid dienone is 8. The van der Waals surface area contributed by atoms with Gasteiger partial charge >= 0.3 is 19.8 Å². The molecule has 58 heavy (non-hydrogen) atoms. The van der Waals surface area contributed by atoms with Crippen molar-refractivity contribution in [2.24, 2.45) is 0 Å². The Morgan fingerprint density at radius 2 is 0.828 bits per heavy atom. The van der Waals surface area contributed by atoms with Crippen LogP contribution in [0, 0.1) is 0 Å². The average molecular weight is 837 g/mol. The summed E-state index contributed by atoms with van der Waals surface area (Å²) in [6.07, 6.45) is 53.1. The fourth-order valence-electron chi connectivity index (χ4n) is 6.57. The molecule has 0 aliphatic heterocycles. The molecular weight excluding hydrogens is 748 g/mol. The molecule has 0 heterocycles. The van der Waals surface area contributed by atoms with Crippen molar-refractivity contribution in [3.63, 3.8) is 0 Å². The van der Waals surface area contributed by atoms with E-state index in [2.05, 4.69) is 62.5 Å². The topological polar surface area (TPSA) is 108 Å². The van der Waals surface area contributed by atoms with Gasteiger partial charge in [-0.2, -0.15) is 0 Å². The molecule has 0 fully saturated rings. The molecule has 0 aromatic heterocycles. The zero-order chi connectivity index (χ0) is 42.5. The van der Waals surface area contributed by atoms with E-state index in [1.807, 2.05) is 0 Å². The van der Waals surface area contributed by atoms with Crippen molar-refractivity contribution in [1.82, 2.24) is 0 Å². The van der Waals surface area contributed by atoms with Crippen molar-refractivity contribution in [3.05, 3.63) is 48.6 Å². The third kappa shape index (κ3) is 43.6. The summed E-state index contributed by atoms with van der Waals surface area (Å²) in [7, 11) is -4.29. The van der Waals surface area contributed by atoms with Crippen molar-refractivity contribution in [2.75, 3.05) is 19.8 Å². The molecule has 0 saturated heterocycles. The van der Waals surface area contributed by atoms with Crippen molar-refractivity contribution in [3.8, 4) is 0 Å². The van der Waals surface area contributed by atoms with Crippen LogP contribution in [0.4, 0.5) is 0 Å². The van der Waals surface area contributed by atoms with Gasteiger partial charge in [0, 0.05) is 12.8 Å². The number of phosphoric acid groups is 1. The molecule has 9 heteroatoms. The summed E-state index contributed by atoms with van der Waals surface area (Å²) in [5, 5.41) is 0. The molecule has 8 nitrogen and oxygen atoms in total. The van der Waals surface area contributed by atoms with Gasteiger partial charge in [-0.1, -0.05) is 178 Å². The molecule has 0 aliphatic rings. The van der Waals surface area contributed by atoms with Crippen molar-refractivity contribution >= 4 is 19.8 Å². The Kier molecular flexibility index (Phi) is 43.0. The Labute approximate surface area is 357 Å². The first kappa shape index (κ1) is 56.0. The van der Waals surface area contributed by atoms with Gasteiger partial charge in [-0.05, 0) is 84.0 Å². The summed E-state index contributed by atoms with van der Waals surface area (Å²) in [5.41, 5.74) is 0. The fourth-order valence-corrected chi connectivity index (χ4v) is 7.33. The van der Waals surface area contributed by atoms with Crippen LogP contribution in [-0.4, -0.2) is 42.8 Å². The largest absolute Gasteiger partial charge is 0.472 e. The number of hydrogen-bond donors (Lipinski definition) is 1. The monoisotopic (exact) mass is 837 g/mol. The number of unbranched alkanes of at least 4 members (excludes halogenated alkanes) is 24. The van der Waals surface area contributed by atoms with Gasteiger partial charge < -0.3 is 14.4 Å². The van der Waals surface area contributed by atoms with E-state index in [1.165, 1.54) is 116 Å². The van der Waals surface area contributed by atoms with E-state index in [-0.39, 0.29) is 32.0 Å². The lowest BCUT2D eigenvalue weighted by Crippen LogP contribution is -2.29. The maximum atomic E-state index is 12.6. The number of hydrogen-bond acceptors (Lipinski definition) is 7. The predicted molar refractivity (Wildman–Crippen MR) is 244 cm³/mol. The Morgan fingerprint density at radius 1 is 0.466 bits per heavy atom. The molecule has 1 N–H and O–H groups in total. The first-order chi connectivity index (χ1) is 28.3. The van der Waals surface area contributed by atoms with Crippen molar-refractivity contribution < 1.29 is 37.6 Å². The number of phosphoric ester groups is 1. The molecule has 0 radical (unpaired) electrons. The van der Waals surface area contributed by atoms with E-state index in [1.54, 1.807) is 6.92 Å². The third-order valence-electron chi connectivity index (χ3n) is 10.1. The minimum absolute atomic E-state index is 0.00321. The summed E-state index contributed by atoms with van der Waals surface area (Å²) < 4.78 is 32.7. The zero-order valence-corrected chi connectivity index (χ0v) is 38.6. The standard InChI is InChI=1S/C49H89O8P/c1-4-7-9-11-13-15-17-19-21-22-23-24-25-26-27-28-30-32-34-36-38-40-42-44-49(51)57-47(46-56-58(52,53)55-6-3)45-54-48(50)43-41-39-37-35-33-31-29-20-18-16-14-12-10-8-5-2/h14,16-17,19-20,22-23,29,47H,4-13,15,18,21,24-28,30-46H2,1-3H3,(H,52,53)/b16-14-,19-17-,23-22-,29-20-. The minimum Gasteiger partial charge on any atom is -0.462 e. The molecule has 0 aromatic carbocycles. The van der Waals surface area contributed by atoms with E-state index in [0.29, 0.717) is 6.42 Å². The van der Waals surface area contributed by atoms with Crippen LogP contribution in [0.25, 0.3) is 0 Å². The first-order valence-corrected chi connectivity index (χ1v) is 25.4. The van der Waals surface area contributed by atoms with Gasteiger partial charge in [0.05, 0.1) is 13.2 Å². The SMILES string of the molecule is CCCCC/C=C\C/C=C\CCCCCCCC(=O)OCC(COP(=O)(O)OCC)OC(=O)CCCCCCCCCCCCC/C=C\C/C=C\CCCCCCC. The lowest BCUT2D eigenvalue weighted by Gasteiger charge is -2.19. The Balaban J connectivity index is 4.02. The molecule has 2 unspecified atom stereocenters. The lowest BCUT2D eigenvalue weighted by molar-refractivity contribution is -0.161. The summed E-state index contributed by atoms with van der Waals surface area (Å²) in [4.78, 5) is 34.8. The third-order valence-corrected chi connectivity index (χ3v) is 11.2. The second-order valence-electron chi connectivity index (χ2n) is 15.8. The van der Waals surface area contributed by atoms with Crippen LogP contribution in [0.5, 0.6) is 0 Å². The molecular formula is C49H89O8P. The Morgan fingerprint density at radius 3 is 1.26 bits per heavy atom. The maximum Gasteiger partial charge on any atom is 0.472 e. The molecule has 0 aliphatic carbocycles. The summed E-state index contributed by atoms with van der Waals surface area (Å²) in [5.74, 6) is -0.813. The van der Waals surface area contributed by atoms with Gasteiger partial charge in [-0.3, -0.25) is 18.6 Å². The summed E-state index contributed by atoms with van der Waals surface area (Å²) in [6.45, 7) is 5.44. The normalized spacial score (nSPS) is 13.7. The van der Waals surface area contributed by atoms with Gasteiger partial charge in [-0.25, -0.2) is 4.57 Å². The van der Waals surface area contributed by atoms with Crippen LogP contribution in [0.1, 0.15) is 226 Å². The van der Waals surface area contributed by atoms with Crippen LogP contribution < -0.4 is 0 Å². The highest BCUT2D eigenvalue weighted by molar-refractivity contribution is 7.47. The van der Waals surface area contributed by atoms with Crippen molar-refractivity contribution in [2.45, 2.75) is 232 Å². The van der Waals surface area contributed by atoms with E-state index >= 15 is 0 Å². The Hall–Kier alpha value is -1.99. The predicted octanol–water partition coefficient (Wildman–Crippen LogP) is 15.3. The van der Waals surface area contributed by atoms with Gasteiger partial charge in [0.25, 0.3) is 0 Å². The van der Waals surface area contributed by atoms with Gasteiger partial charge in [0.2, 0.25) is 0 Å². The lowest BCUT2D eigenvalue weighted by atomic mass is 10.0. The second kappa shape index (κ2) is 44.6. The average Bonchev–Trinajstić information content (AvgIpc) is 3.20. The van der Waals surface area contributed by atoms with Crippen LogP contribution in [0.2, 0.25) is 0 Å². The second-order valence-corrected chi connectivity index (χ2v) is 17.2. The number of ether oxygens (including phenoxy) is 2. The number of rotatable bonds is 44.